The van der Waals surface area contributed by atoms with Gasteiger partial charge in [0, 0.05) is 50.7 Å². The zero-order valence-electron chi connectivity index (χ0n) is 17.2. The molecular weight excluding hydrogens is 395 g/mol. The lowest BCUT2D eigenvalue weighted by atomic mass is 10.0. The van der Waals surface area contributed by atoms with E-state index in [9.17, 15) is 22.8 Å². The quantitative estimate of drug-likeness (QED) is 0.732. The molecule has 166 valence electrons. The molecular formula is C22H30F3N3O2. The molecule has 1 aromatic carbocycles. The second-order valence-corrected chi connectivity index (χ2v) is 8.10. The molecule has 2 aliphatic rings. The molecule has 0 spiro atoms. The molecule has 5 nitrogen and oxygen atoms in total. The van der Waals surface area contributed by atoms with Gasteiger partial charge in [0.25, 0.3) is 5.91 Å². The van der Waals surface area contributed by atoms with Crippen LogP contribution < -0.4 is 5.32 Å². The molecule has 1 saturated heterocycles. The van der Waals surface area contributed by atoms with E-state index in [2.05, 4.69) is 5.32 Å². The summed E-state index contributed by atoms with van der Waals surface area (Å²) in [5.74, 6) is -0.265. The fourth-order valence-electron chi connectivity index (χ4n) is 4.28. The maximum Gasteiger partial charge on any atom is 0.416 e. The van der Waals surface area contributed by atoms with E-state index in [1.165, 1.54) is 12.1 Å². The highest BCUT2D eigenvalue weighted by atomic mass is 19.4. The highest BCUT2D eigenvalue weighted by Gasteiger charge is 2.31. The molecule has 0 bridgehead atoms. The highest BCUT2D eigenvalue weighted by Crippen LogP contribution is 2.30. The van der Waals surface area contributed by atoms with Crippen LogP contribution in [0.1, 0.15) is 60.9 Å². The van der Waals surface area contributed by atoms with Crippen LogP contribution >= 0.6 is 0 Å². The van der Waals surface area contributed by atoms with Gasteiger partial charge in [0.05, 0.1) is 5.56 Å². The normalized spacial score (nSPS) is 18.7. The molecule has 3 rings (SSSR count). The number of alkyl halides is 3. The monoisotopic (exact) mass is 425 g/mol. The number of halogens is 3. The van der Waals surface area contributed by atoms with Crippen LogP contribution in [0.3, 0.4) is 0 Å². The molecule has 0 radical (unpaired) electrons. The van der Waals surface area contributed by atoms with Crippen LogP contribution in [0.2, 0.25) is 0 Å². The predicted molar refractivity (Wildman–Crippen MR) is 108 cm³/mol. The number of hydrogen-bond acceptors (Lipinski definition) is 3. The van der Waals surface area contributed by atoms with E-state index < -0.39 is 11.7 Å². The minimum atomic E-state index is -4.43. The van der Waals surface area contributed by atoms with Gasteiger partial charge in [-0.2, -0.15) is 13.2 Å². The minimum absolute atomic E-state index is 0.0235. The van der Waals surface area contributed by atoms with E-state index in [1.807, 2.05) is 4.90 Å². The number of carbonyl (C=O) groups excluding carboxylic acids is 2. The van der Waals surface area contributed by atoms with Crippen molar-refractivity contribution in [2.75, 3.05) is 32.7 Å². The SMILES string of the molecule is O=C(CCN(C(=O)c1ccc(C(F)(F)F)cc1)C1CCCCCC1)N1CCNCC1. The molecule has 0 aromatic heterocycles. The van der Waals surface area contributed by atoms with Crippen molar-refractivity contribution in [1.29, 1.82) is 0 Å². The number of rotatable bonds is 5. The van der Waals surface area contributed by atoms with Gasteiger partial charge in [-0.3, -0.25) is 9.59 Å². The van der Waals surface area contributed by atoms with Crippen molar-refractivity contribution < 1.29 is 22.8 Å². The summed E-state index contributed by atoms with van der Waals surface area (Å²) in [6.07, 6.45) is 1.83. The van der Waals surface area contributed by atoms with Gasteiger partial charge < -0.3 is 15.1 Å². The summed E-state index contributed by atoms with van der Waals surface area (Å²) in [7, 11) is 0. The van der Waals surface area contributed by atoms with Gasteiger partial charge in [0.2, 0.25) is 5.91 Å². The first kappa shape index (κ1) is 22.6. The molecule has 0 unspecified atom stereocenters. The van der Waals surface area contributed by atoms with Gasteiger partial charge in [-0.15, -0.1) is 0 Å². The van der Waals surface area contributed by atoms with E-state index >= 15 is 0 Å². The second kappa shape index (κ2) is 10.3. The molecule has 1 N–H and O–H groups in total. The van der Waals surface area contributed by atoms with Gasteiger partial charge in [-0.1, -0.05) is 25.7 Å². The number of carbonyl (C=O) groups is 2. The van der Waals surface area contributed by atoms with Gasteiger partial charge in [0.1, 0.15) is 0 Å². The number of nitrogens with zero attached hydrogens (tertiary/aromatic N) is 2. The van der Waals surface area contributed by atoms with E-state index in [0.29, 0.717) is 19.6 Å². The van der Waals surface area contributed by atoms with E-state index in [4.69, 9.17) is 0 Å². The van der Waals surface area contributed by atoms with E-state index in [1.54, 1.807) is 4.90 Å². The molecule has 1 heterocycles. The van der Waals surface area contributed by atoms with Gasteiger partial charge >= 0.3 is 6.18 Å². The van der Waals surface area contributed by atoms with Crippen LogP contribution in [0.25, 0.3) is 0 Å². The number of nitrogens with one attached hydrogen (secondary N) is 1. The average Bonchev–Trinajstić information content (AvgIpc) is 3.03. The van der Waals surface area contributed by atoms with Crippen molar-refractivity contribution in [3.05, 3.63) is 35.4 Å². The van der Waals surface area contributed by atoms with E-state index in [0.717, 1.165) is 63.7 Å². The third kappa shape index (κ3) is 5.97. The van der Waals surface area contributed by atoms with Gasteiger partial charge in [-0.05, 0) is 37.1 Å². The highest BCUT2D eigenvalue weighted by molar-refractivity contribution is 5.94. The first-order valence-electron chi connectivity index (χ1n) is 10.8. The first-order valence-corrected chi connectivity index (χ1v) is 10.8. The molecule has 2 amide bonds. The topological polar surface area (TPSA) is 52.7 Å². The summed E-state index contributed by atoms with van der Waals surface area (Å²) < 4.78 is 38.6. The molecule has 0 atom stereocenters. The number of piperazine rings is 1. The largest absolute Gasteiger partial charge is 0.416 e. The molecule has 2 fully saturated rings. The number of benzene rings is 1. The maximum absolute atomic E-state index is 13.2. The summed E-state index contributed by atoms with van der Waals surface area (Å²) in [6.45, 7) is 3.16. The van der Waals surface area contributed by atoms with Crippen LogP contribution in [0.4, 0.5) is 13.2 Å². The zero-order chi connectivity index (χ0) is 21.6. The predicted octanol–water partition coefficient (Wildman–Crippen LogP) is 3.69. The van der Waals surface area contributed by atoms with Crippen molar-refractivity contribution >= 4 is 11.8 Å². The van der Waals surface area contributed by atoms with Crippen molar-refractivity contribution in [3.63, 3.8) is 0 Å². The molecule has 1 aliphatic carbocycles. The van der Waals surface area contributed by atoms with Crippen molar-refractivity contribution in [1.82, 2.24) is 15.1 Å². The summed E-state index contributed by atoms with van der Waals surface area (Å²) in [5, 5.41) is 3.21. The lowest BCUT2D eigenvalue weighted by molar-refractivity contribution is -0.137. The van der Waals surface area contributed by atoms with Crippen molar-refractivity contribution in [2.24, 2.45) is 0 Å². The zero-order valence-corrected chi connectivity index (χ0v) is 17.2. The Morgan fingerprint density at radius 1 is 1.00 bits per heavy atom. The Morgan fingerprint density at radius 2 is 1.60 bits per heavy atom. The Morgan fingerprint density at radius 3 is 2.17 bits per heavy atom. The Labute approximate surface area is 175 Å². The minimum Gasteiger partial charge on any atom is -0.340 e. The third-order valence-electron chi connectivity index (χ3n) is 6.02. The lowest BCUT2D eigenvalue weighted by Crippen LogP contribution is -2.48. The molecule has 1 aromatic rings. The van der Waals surface area contributed by atoms with Gasteiger partial charge in [-0.25, -0.2) is 0 Å². The second-order valence-electron chi connectivity index (χ2n) is 8.10. The summed E-state index contributed by atoms with van der Waals surface area (Å²) >= 11 is 0. The van der Waals surface area contributed by atoms with E-state index in [-0.39, 0.29) is 29.8 Å². The van der Waals surface area contributed by atoms with Crippen LogP contribution in [0.15, 0.2) is 24.3 Å². The summed E-state index contributed by atoms with van der Waals surface area (Å²) in [4.78, 5) is 29.4. The summed E-state index contributed by atoms with van der Waals surface area (Å²) in [6, 6.07) is 4.41. The Balaban J connectivity index is 1.72. The number of hydrogen-bond donors (Lipinski definition) is 1. The van der Waals surface area contributed by atoms with Crippen LogP contribution in [-0.2, 0) is 11.0 Å². The lowest BCUT2D eigenvalue weighted by Gasteiger charge is -2.33. The fourth-order valence-corrected chi connectivity index (χ4v) is 4.28. The summed E-state index contributed by atoms with van der Waals surface area (Å²) in [5.41, 5.74) is -0.532. The maximum atomic E-state index is 13.2. The Hall–Kier alpha value is -2.09. The Bertz CT molecular complexity index is 707. The van der Waals surface area contributed by atoms with Crippen molar-refractivity contribution in [3.8, 4) is 0 Å². The molecule has 8 heteroatoms. The first-order chi connectivity index (χ1) is 14.4. The Kier molecular flexibility index (Phi) is 7.75. The van der Waals surface area contributed by atoms with Crippen molar-refractivity contribution in [2.45, 2.75) is 57.2 Å². The van der Waals surface area contributed by atoms with Crippen LogP contribution in [0.5, 0.6) is 0 Å². The fraction of sp³-hybridized carbons (Fsp3) is 0.636. The van der Waals surface area contributed by atoms with Crippen LogP contribution in [0, 0.1) is 0 Å². The van der Waals surface area contributed by atoms with Crippen LogP contribution in [-0.4, -0.2) is 60.4 Å². The molecule has 30 heavy (non-hydrogen) atoms. The molecule has 1 aliphatic heterocycles. The smallest absolute Gasteiger partial charge is 0.340 e. The third-order valence-corrected chi connectivity index (χ3v) is 6.02. The number of amides is 2. The standard InChI is InChI=1S/C22H30F3N3O2/c23-22(24,25)18-9-7-17(8-10-18)21(30)28(19-5-3-1-2-4-6-19)14-11-20(29)27-15-12-26-13-16-27/h7-10,19,26H,1-6,11-16H2. The van der Waals surface area contributed by atoms with Gasteiger partial charge in [0.15, 0.2) is 0 Å². The molecule has 1 saturated carbocycles. The average molecular weight is 425 g/mol.